The Hall–Kier alpha value is -1.85. The topological polar surface area (TPSA) is 75.3 Å². The van der Waals surface area contributed by atoms with E-state index in [9.17, 15) is 9.59 Å². The van der Waals surface area contributed by atoms with Crippen LogP contribution in [0.5, 0.6) is 0 Å². The molecule has 0 aromatic carbocycles. The maximum absolute atomic E-state index is 12.2. The number of rotatable bonds is 1. The molecule has 0 saturated heterocycles. The van der Waals surface area contributed by atoms with Gasteiger partial charge >= 0.3 is 6.09 Å². The van der Waals surface area contributed by atoms with Crippen LogP contribution in [-0.4, -0.2) is 38.6 Å². The number of fused-ring (bicyclic) bond motifs is 1. The monoisotopic (exact) mass is 279 g/mol. The molecule has 0 spiro atoms. The Balaban J connectivity index is 2.24. The van der Waals surface area contributed by atoms with Crippen molar-refractivity contribution in [1.82, 2.24) is 15.1 Å². The molecule has 2 rings (SSSR count). The smallest absolute Gasteiger partial charge is 0.410 e. The van der Waals surface area contributed by atoms with Gasteiger partial charge in [0.1, 0.15) is 11.3 Å². The Morgan fingerprint density at radius 2 is 2.05 bits per heavy atom. The fraction of sp³-hybridized carbons (Fsp3) is 0.643. The highest BCUT2D eigenvalue weighted by Crippen LogP contribution is 2.26. The number of carbonyl (C=O) groups excluding carboxylic acids is 2. The van der Waals surface area contributed by atoms with Crippen LogP contribution in [0.2, 0.25) is 0 Å². The molecule has 1 N–H and O–H groups in total. The molecule has 1 aromatic heterocycles. The summed E-state index contributed by atoms with van der Waals surface area (Å²) in [5, 5.41) is 6.94. The number of hydrogen-bond acceptors (Lipinski definition) is 4. The minimum Gasteiger partial charge on any atom is -0.444 e. The lowest BCUT2D eigenvalue weighted by Gasteiger charge is -2.34. The number of aromatic nitrogens is 2. The number of nitrogens with one attached hydrogen (secondary N) is 1. The van der Waals surface area contributed by atoms with E-state index in [2.05, 4.69) is 10.2 Å². The summed E-state index contributed by atoms with van der Waals surface area (Å²) in [6, 6.07) is 0.0117. The molecule has 6 heteroatoms. The van der Waals surface area contributed by atoms with E-state index in [0.717, 1.165) is 11.3 Å². The predicted molar refractivity (Wildman–Crippen MR) is 73.5 cm³/mol. The van der Waals surface area contributed by atoms with Gasteiger partial charge in [0.05, 0.1) is 6.54 Å². The van der Waals surface area contributed by atoms with Gasteiger partial charge in [-0.25, -0.2) is 4.79 Å². The summed E-state index contributed by atoms with van der Waals surface area (Å²) in [6.45, 7) is 9.31. The molecule has 0 unspecified atom stereocenters. The van der Waals surface area contributed by atoms with Gasteiger partial charge in [0.25, 0.3) is 0 Å². The number of Topliss-reactive ketones (excluding diaryl/α,β-unsaturated/α-hetero) is 1. The average molecular weight is 279 g/mol. The SMILES string of the molecule is CC(=O)c1n[nH]c2c1CN(C(=O)OC(C)(C)C)[C@H](C)C2. The minimum absolute atomic E-state index is 0.0117. The summed E-state index contributed by atoms with van der Waals surface area (Å²) in [7, 11) is 0. The Kier molecular flexibility index (Phi) is 3.58. The van der Waals surface area contributed by atoms with Gasteiger partial charge in [0.2, 0.25) is 0 Å². The minimum atomic E-state index is -0.531. The number of H-pyrrole nitrogens is 1. The summed E-state index contributed by atoms with van der Waals surface area (Å²) in [6.07, 6.45) is 0.292. The average Bonchev–Trinajstić information content (AvgIpc) is 2.67. The molecule has 20 heavy (non-hydrogen) atoms. The summed E-state index contributed by atoms with van der Waals surface area (Å²) in [4.78, 5) is 25.4. The molecule has 0 aliphatic carbocycles. The third-order valence-electron chi connectivity index (χ3n) is 3.27. The van der Waals surface area contributed by atoms with E-state index in [1.807, 2.05) is 27.7 Å². The summed E-state index contributed by atoms with van der Waals surface area (Å²) in [5.74, 6) is -0.0961. The van der Waals surface area contributed by atoms with E-state index >= 15 is 0 Å². The first-order chi connectivity index (χ1) is 9.19. The number of amides is 1. The maximum atomic E-state index is 12.2. The van der Waals surface area contributed by atoms with Crippen molar-refractivity contribution in [2.45, 2.75) is 59.2 Å². The first kappa shape index (κ1) is 14.6. The van der Waals surface area contributed by atoms with Crippen molar-refractivity contribution in [1.29, 1.82) is 0 Å². The highest BCUT2D eigenvalue weighted by molar-refractivity contribution is 5.94. The normalized spacial score (nSPS) is 18.6. The van der Waals surface area contributed by atoms with Crippen LogP contribution in [0.15, 0.2) is 0 Å². The van der Waals surface area contributed by atoms with Gasteiger partial charge in [-0.15, -0.1) is 0 Å². The van der Waals surface area contributed by atoms with Gasteiger partial charge in [-0.1, -0.05) is 0 Å². The van der Waals surface area contributed by atoms with Gasteiger partial charge in [-0.3, -0.25) is 9.89 Å². The third kappa shape index (κ3) is 2.84. The fourth-order valence-electron chi connectivity index (χ4n) is 2.33. The maximum Gasteiger partial charge on any atom is 0.410 e. The predicted octanol–water partition coefficient (Wildman–Crippen LogP) is 2.29. The lowest BCUT2D eigenvalue weighted by Crippen LogP contribution is -2.45. The van der Waals surface area contributed by atoms with Gasteiger partial charge in [0, 0.05) is 30.6 Å². The van der Waals surface area contributed by atoms with Crippen molar-refractivity contribution < 1.29 is 14.3 Å². The molecular weight excluding hydrogens is 258 g/mol. The number of carbonyl (C=O) groups is 2. The van der Waals surface area contributed by atoms with Crippen LogP contribution in [0.1, 0.15) is 56.4 Å². The van der Waals surface area contributed by atoms with Crippen LogP contribution in [0, 0.1) is 0 Å². The van der Waals surface area contributed by atoms with Crippen LogP contribution >= 0.6 is 0 Å². The largest absolute Gasteiger partial charge is 0.444 e. The quantitative estimate of drug-likeness (QED) is 0.800. The Labute approximate surface area is 118 Å². The molecule has 1 aromatic rings. The van der Waals surface area contributed by atoms with E-state index in [0.29, 0.717) is 18.7 Å². The van der Waals surface area contributed by atoms with Crippen LogP contribution in [0.3, 0.4) is 0 Å². The molecule has 1 aliphatic rings. The number of hydrogen-bond donors (Lipinski definition) is 1. The fourth-order valence-corrected chi connectivity index (χ4v) is 2.33. The zero-order chi connectivity index (χ0) is 15.1. The van der Waals surface area contributed by atoms with Crippen molar-refractivity contribution in [3.8, 4) is 0 Å². The number of nitrogens with zero attached hydrogens (tertiary/aromatic N) is 2. The molecule has 0 saturated carbocycles. The van der Waals surface area contributed by atoms with Crippen LogP contribution in [-0.2, 0) is 17.7 Å². The second-order valence-corrected chi connectivity index (χ2v) is 6.25. The Morgan fingerprint density at radius 1 is 1.40 bits per heavy atom. The second-order valence-electron chi connectivity index (χ2n) is 6.25. The van der Waals surface area contributed by atoms with E-state index in [1.165, 1.54) is 6.92 Å². The van der Waals surface area contributed by atoms with Crippen molar-refractivity contribution in [3.05, 3.63) is 17.0 Å². The highest BCUT2D eigenvalue weighted by atomic mass is 16.6. The van der Waals surface area contributed by atoms with E-state index in [4.69, 9.17) is 4.74 Å². The van der Waals surface area contributed by atoms with Crippen molar-refractivity contribution in [2.24, 2.45) is 0 Å². The van der Waals surface area contributed by atoms with Crippen LogP contribution in [0.25, 0.3) is 0 Å². The zero-order valence-corrected chi connectivity index (χ0v) is 12.6. The lowest BCUT2D eigenvalue weighted by atomic mass is 9.99. The summed E-state index contributed by atoms with van der Waals surface area (Å²) < 4.78 is 5.41. The first-order valence-corrected chi connectivity index (χ1v) is 6.75. The first-order valence-electron chi connectivity index (χ1n) is 6.75. The Morgan fingerprint density at radius 3 is 2.60 bits per heavy atom. The van der Waals surface area contributed by atoms with E-state index < -0.39 is 5.60 Å². The third-order valence-corrected chi connectivity index (χ3v) is 3.27. The van der Waals surface area contributed by atoms with Gasteiger partial charge in [0.15, 0.2) is 5.78 Å². The van der Waals surface area contributed by atoms with Crippen LogP contribution < -0.4 is 0 Å². The molecular formula is C14H21N3O3. The number of aromatic amines is 1. The molecule has 110 valence electrons. The van der Waals surface area contributed by atoms with Crippen molar-refractivity contribution in [3.63, 3.8) is 0 Å². The molecule has 0 radical (unpaired) electrons. The summed E-state index contributed by atoms with van der Waals surface area (Å²) >= 11 is 0. The van der Waals surface area contributed by atoms with Crippen LogP contribution in [0.4, 0.5) is 4.79 Å². The van der Waals surface area contributed by atoms with E-state index in [-0.39, 0.29) is 17.9 Å². The number of ketones is 1. The number of ether oxygens (including phenoxy) is 1. The van der Waals surface area contributed by atoms with Crippen molar-refractivity contribution >= 4 is 11.9 Å². The van der Waals surface area contributed by atoms with Crippen molar-refractivity contribution in [2.75, 3.05) is 0 Å². The zero-order valence-electron chi connectivity index (χ0n) is 12.6. The van der Waals surface area contributed by atoms with Gasteiger partial charge in [-0.2, -0.15) is 5.10 Å². The van der Waals surface area contributed by atoms with Gasteiger partial charge in [-0.05, 0) is 27.7 Å². The van der Waals surface area contributed by atoms with E-state index in [1.54, 1.807) is 4.90 Å². The summed E-state index contributed by atoms with van der Waals surface area (Å²) in [5.41, 5.74) is 1.63. The molecule has 1 aliphatic heterocycles. The molecule has 6 nitrogen and oxygen atoms in total. The standard InChI is InChI=1S/C14H21N3O3/c1-8-6-11-10(12(9(2)18)16-15-11)7-17(8)13(19)20-14(3,4)5/h8H,6-7H2,1-5H3,(H,15,16)/t8-/m1/s1. The Bertz CT molecular complexity index is 542. The molecule has 1 amide bonds. The second kappa shape index (κ2) is 4.92. The van der Waals surface area contributed by atoms with Gasteiger partial charge < -0.3 is 9.64 Å². The lowest BCUT2D eigenvalue weighted by molar-refractivity contribution is 0.0136. The molecule has 1 atom stereocenters. The molecule has 0 fully saturated rings. The molecule has 2 heterocycles. The highest BCUT2D eigenvalue weighted by Gasteiger charge is 2.33. The molecule has 0 bridgehead atoms.